The number of para-hydroxylation sites is 1. The Morgan fingerprint density at radius 1 is 0.963 bits per heavy atom. The summed E-state index contributed by atoms with van der Waals surface area (Å²) in [5, 5.41) is 5.74. The summed E-state index contributed by atoms with van der Waals surface area (Å²) in [5.74, 6) is 0.551. The number of rotatable bonds is 6. The number of nitrogens with zero attached hydrogens (tertiary/aromatic N) is 2. The number of halogens is 3. The first kappa shape index (κ1) is 18.4. The van der Waals surface area contributed by atoms with Crippen LogP contribution in [0.3, 0.4) is 0 Å². The van der Waals surface area contributed by atoms with Crippen LogP contribution >= 0.6 is 0 Å². The van der Waals surface area contributed by atoms with E-state index >= 15 is 0 Å². The predicted molar refractivity (Wildman–Crippen MR) is 101 cm³/mol. The molecule has 0 aliphatic rings. The summed E-state index contributed by atoms with van der Waals surface area (Å²) in [4.78, 5) is 8.69. The lowest BCUT2D eigenvalue weighted by Crippen LogP contribution is -2.10. The van der Waals surface area contributed by atoms with Gasteiger partial charge in [0.25, 0.3) is 0 Å². The third-order valence-electron chi connectivity index (χ3n) is 3.70. The zero-order valence-electron chi connectivity index (χ0n) is 14.3. The normalized spacial score (nSPS) is 11.1. The van der Waals surface area contributed by atoms with E-state index in [9.17, 15) is 13.2 Å². The fraction of sp³-hybridized carbons (Fsp3) is 0.100. The Labute approximate surface area is 154 Å². The van der Waals surface area contributed by atoms with Gasteiger partial charge in [-0.05, 0) is 12.1 Å². The van der Waals surface area contributed by atoms with Crippen LogP contribution in [0.25, 0.3) is 11.3 Å². The predicted octanol–water partition coefficient (Wildman–Crippen LogP) is 5.50. The minimum absolute atomic E-state index is 0.0719. The quantitative estimate of drug-likeness (QED) is 0.562. The molecule has 1 aromatic heterocycles. The van der Waals surface area contributed by atoms with Crippen molar-refractivity contribution in [3.8, 4) is 11.3 Å². The van der Waals surface area contributed by atoms with Gasteiger partial charge in [-0.15, -0.1) is 6.58 Å². The third-order valence-corrected chi connectivity index (χ3v) is 3.70. The Kier molecular flexibility index (Phi) is 5.40. The molecule has 0 bridgehead atoms. The second-order valence-electron chi connectivity index (χ2n) is 5.67. The summed E-state index contributed by atoms with van der Waals surface area (Å²) >= 11 is 0. The highest BCUT2D eigenvalue weighted by Gasteiger charge is 2.33. The number of aromatic nitrogens is 2. The van der Waals surface area contributed by atoms with Gasteiger partial charge in [0.15, 0.2) is 0 Å². The van der Waals surface area contributed by atoms with E-state index in [4.69, 9.17) is 0 Å². The molecule has 4 nitrogen and oxygen atoms in total. The molecule has 7 heteroatoms. The van der Waals surface area contributed by atoms with Crippen molar-refractivity contribution in [2.24, 2.45) is 0 Å². The Bertz CT molecular complexity index is 924. The van der Waals surface area contributed by atoms with Gasteiger partial charge in [0, 0.05) is 18.2 Å². The highest BCUT2D eigenvalue weighted by molar-refractivity contribution is 5.68. The Morgan fingerprint density at radius 2 is 1.67 bits per heavy atom. The minimum Gasteiger partial charge on any atom is -0.351 e. The van der Waals surface area contributed by atoms with Crippen LogP contribution in [0, 0.1) is 0 Å². The average molecular weight is 370 g/mol. The van der Waals surface area contributed by atoms with Crippen molar-refractivity contribution < 1.29 is 13.2 Å². The van der Waals surface area contributed by atoms with Gasteiger partial charge in [0.1, 0.15) is 5.82 Å². The Hall–Kier alpha value is -3.35. The highest BCUT2D eigenvalue weighted by atomic mass is 19.4. The first-order chi connectivity index (χ1) is 13.0. The van der Waals surface area contributed by atoms with E-state index < -0.39 is 11.7 Å². The second kappa shape index (κ2) is 7.90. The number of benzene rings is 2. The summed E-state index contributed by atoms with van der Waals surface area (Å²) in [6.45, 7) is 4.05. The molecule has 0 fully saturated rings. The highest BCUT2D eigenvalue weighted by Crippen LogP contribution is 2.36. The molecule has 0 saturated carbocycles. The van der Waals surface area contributed by atoms with Crippen LogP contribution < -0.4 is 10.6 Å². The molecule has 0 atom stereocenters. The summed E-state index contributed by atoms with van der Waals surface area (Å²) in [5.41, 5.74) is 0.584. The maximum Gasteiger partial charge on any atom is 0.418 e. The van der Waals surface area contributed by atoms with Crippen LogP contribution in [0.5, 0.6) is 0 Å². The van der Waals surface area contributed by atoms with E-state index in [1.54, 1.807) is 12.1 Å². The van der Waals surface area contributed by atoms with Crippen molar-refractivity contribution in [2.45, 2.75) is 6.18 Å². The molecule has 1 heterocycles. The summed E-state index contributed by atoms with van der Waals surface area (Å²) < 4.78 is 39.7. The molecule has 0 saturated heterocycles. The summed E-state index contributed by atoms with van der Waals surface area (Å²) in [7, 11) is 0. The molecule has 0 aliphatic heterocycles. The Balaban J connectivity index is 2.01. The minimum atomic E-state index is -4.47. The van der Waals surface area contributed by atoms with Crippen LogP contribution in [0.1, 0.15) is 5.56 Å². The SMILES string of the molecule is C=CCNc1nc(Nc2ccccc2C(F)(F)F)cc(-c2ccccc2)n1. The van der Waals surface area contributed by atoms with Crippen LogP contribution in [0.15, 0.2) is 73.3 Å². The molecule has 0 aliphatic carbocycles. The molecule has 0 amide bonds. The van der Waals surface area contributed by atoms with Gasteiger partial charge in [-0.2, -0.15) is 18.2 Å². The van der Waals surface area contributed by atoms with Crippen LogP contribution in [-0.4, -0.2) is 16.5 Å². The van der Waals surface area contributed by atoms with E-state index in [0.29, 0.717) is 18.2 Å². The molecule has 2 aromatic carbocycles. The molecule has 0 radical (unpaired) electrons. The largest absolute Gasteiger partial charge is 0.418 e. The topological polar surface area (TPSA) is 49.8 Å². The lowest BCUT2D eigenvalue weighted by Gasteiger charge is -2.15. The fourth-order valence-corrected chi connectivity index (χ4v) is 2.49. The molecule has 0 unspecified atom stereocenters. The van der Waals surface area contributed by atoms with Gasteiger partial charge >= 0.3 is 6.18 Å². The lowest BCUT2D eigenvalue weighted by molar-refractivity contribution is -0.136. The monoisotopic (exact) mass is 370 g/mol. The van der Waals surface area contributed by atoms with E-state index in [1.165, 1.54) is 18.2 Å². The van der Waals surface area contributed by atoms with Gasteiger partial charge in [-0.1, -0.05) is 48.5 Å². The number of nitrogens with one attached hydrogen (secondary N) is 2. The molecule has 138 valence electrons. The summed E-state index contributed by atoms with van der Waals surface area (Å²) in [6.07, 6.45) is -2.83. The average Bonchev–Trinajstić information content (AvgIpc) is 2.66. The first-order valence-electron chi connectivity index (χ1n) is 8.20. The van der Waals surface area contributed by atoms with Gasteiger partial charge in [0.05, 0.1) is 16.9 Å². The lowest BCUT2D eigenvalue weighted by atomic mass is 10.1. The van der Waals surface area contributed by atoms with E-state index in [2.05, 4.69) is 27.2 Å². The van der Waals surface area contributed by atoms with Gasteiger partial charge in [0.2, 0.25) is 5.95 Å². The molecule has 27 heavy (non-hydrogen) atoms. The van der Waals surface area contributed by atoms with Crippen LogP contribution in [-0.2, 0) is 6.18 Å². The van der Waals surface area contributed by atoms with Gasteiger partial charge in [-0.25, -0.2) is 4.98 Å². The van der Waals surface area contributed by atoms with E-state index in [-0.39, 0.29) is 11.5 Å². The molecule has 3 rings (SSSR count). The van der Waals surface area contributed by atoms with E-state index in [1.807, 2.05) is 30.3 Å². The smallest absolute Gasteiger partial charge is 0.351 e. The number of alkyl halides is 3. The summed E-state index contributed by atoms with van der Waals surface area (Å²) in [6, 6.07) is 16.2. The maximum atomic E-state index is 13.2. The Morgan fingerprint density at radius 3 is 2.37 bits per heavy atom. The van der Waals surface area contributed by atoms with Crippen LogP contribution in [0.2, 0.25) is 0 Å². The van der Waals surface area contributed by atoms with Gasteiger partial charge in [-0.3, -0.25) is 0 Å². The number of hydrogen-bond acceptors (Lipinski definition) is 4. The van der Waals surface area contributed by atoms with Crippen molar-refractivity contribution in [3.63, 3.8) is 0 Å². The van der Waals surface area contributed by atoms with Crippen molar-refractivity contribution in [1.82, 2.24) is 9.97 Å². The fourth-order valence-electron chi connectivity index (χ4n) is 2.49. The molecular weight excluding hydrogens is 353 g/mol. The molecule has 0 spiro atoms. The molecule has 2 N–H and O–H groups in total. The van der Waals surface area contributed by atoms with E-state index in [0.717, 1.165) is 11.6 Å². The third kappa shape index (κ3) is 4.63. The van der Waals surface area contributed by atoms with Gasteiger partial charge < -0.3 is 10.6 Å². The zero-order valence-corrected chi connectivity index (χ0v) is 14.3. The van der Waals surface area contributed by atoms with Crippen molar-refractivity contribution in [3.05, 3.63) is 78.9 Å². The van der Waals surface area contributed by atoms with Crippen molar-refractivity contribution >= 4 is 17.5 Å². The first-order valence-corrected chi connectivity index (χ1v) is 8.20. The van der Waals surface area contributed by atoms with Crippen molar-refractivity contribution in [1.29, 1.82) is 0 Å². The van der Waals surface area contributed by atoms with Crippen LogP contribution in [0.4, 0.5) is 30.6 Å². The molecule has 3 aromatic rings. The van der Waals surface area contributed by atoms with Crippen molar-refractivity contribution in [2.75, 3.05) is 17.2 Å². The maximum absolute atomic E-state index is 13.2. The standard InChI is InChI=1S/C20H17F3N4/c1-2-12-24-19-26-17(14-8-4-3-5-9-14)13-18(27-19)25-16-11-7-6-10-15(16)20(21,22)23/h2-11,13H,1,12H2,(H2,24,25,26,27). The number of anilines is 3. The zero-order chi connectivity index (χ0) is 19.3. The second-order valence-corrected chi connectivity index (χ2v) is 5.67. The number of hydrogen-bond donors (Lipinski definition) is 2. The molecular formula is C20H17F3N4.